The number of hydroxylamine groups is 1. The highest BCUT2D eigenvalue weighted by Crippen LogP contribution is 2.22. The molecule has 2 rings (SSSR count). The molecule has 2 atom stereocenters. The van der Waals surface area contributed by atoms with E-state index in [4.69, 9.17) is 19.4 Å². The van der Waals surface area contributed by atoms with Gasteiger partial charge < -0.3 is 19.4 Å². The molecule has 27 heavy (non-hydrogen) atoms. The Labute approximate surface area is 167 Å². The number of hydrogen-bond acceptors (Lipinski definition) is 7. The summed E-state index contributed by atoms with van der Waals surface area (Å²) in [4.78, 5) is 17.6. The molecule has 1 saturated heterocycles. The first kappa shape index (κ1) is 22.4. The Kier molecular flexibility index (Phi) is 11.0. The number of benzene rings is 1. The lowest BCUT2D eigenvalue weighted by molar-refractivity contribution is -0.112. The van der Waals surface area contributed by atoms with E-state index in [-0.39, 0.29) is 24.6 Å². The van der Waals surface area contributed by atoms with Gasteiger partial charge in [-0.15, -0.1) is 0 Å². The summed E-state index contributed by atoms with van der Waals surface area (Å²) in [6.45, 7) is 0.763. The van der Waals surface area contributed by atoms with Crippen LogP contribution in [0.3, 0.4) is 0 Å². The van der Waals surface area contributed by atoms with Crippen LogP contribution in [-0.2, 0) is 14.4 Å². The third-order valence-corrected chi connectivity index (χ3v) is 9.10. The van der Waals surface area contributed by atoms with E-state index < -0.39 is 8.96 Å². The number of carbonyl (C=O) groups excluding carboxylic acids is 1. The largest absolute Gasteiger partial charge is 0.485 e. The maximum Gasteiger partial charge on any atom is 0.226 e. The first-order valence-electron chi connectivity index (χ1n) is 9.59. The van der Waals surface area contributed by atoms with Gasteiger partial charge in [-0.25, -0.2) is 4.73 Å². The second kappa shape index (κ2) is 13.3. The van der Waals surface area contributed by atoms with Gasteiger partial charge in [0.25, 0.3) is 0 Å². The molecular formula is C19H31NO5SSi. The standard InChI is InChI=1S/C19H31NO5SSi/c1-23-20-11-10-18(25-16-21)9-5-13-27(20)14-6-12-26-19(22)15-24-17-7-3-2-4-8-17/h2-4,7-8,18,21,27H,5-6,9-16H2,1H3. The van der Waals surface area contributed by atoms with Crippen LogP contribution < -0.4 is 4.74 Å². The first-order chi connectivity index (χ1) is 13.2. The van der Waals surface area contributed by atoms with Crippen molar-refractivity contribution in [1.29, 1.82) is 0 Å². The molecule has 2 unspecified atom stereocenters. The van der Waals surface area contributed by atoms with Gasteiger partial charge >= 0.3 is 0 Å². The fraction of sp³-hybridized carbons (Fsp3) is 0.632. The lowest BCUT2D eigenvalue weighted by atomic mass is 10.1. The van der Waals surface area contributed by atoms with E-state index in [0.717, 1.165) is 49.8 Å². The number of aliphatic hydroxyl groups excluding tert-OH is 1. The van der Waals surface area contributed by atoms with Crippen LogP contribution in [0.2, 0.25) is 12.1 Å². The lowest BCUT2D eigenvalue weighted by Gasteiger charge is -2.32. The van der Waals surface area contributed by atoms with Crippen molar-refractivity contribution in [1.82, 2.24) is 4.73 Å². The second-order valence-corrected chi connectivity index (χ2v) is 10.8. The molecule has 1 aromatic rings. The fourth-order valence-electron chi connectivity index (χ4n) is 3.33. The third kappa shape index (κ3) is 8.76. The van der Waals surface area contributed by atoms with Gasteiger partial charge in [0.1, 0.15) is 21.5 Å². The molecule has 6 nitrogen and oxygen atoms in total. The minimum absolute atomic E-state index is 0.0748. The van der Waals surface area contributed by atoms with E-state index in [0.29, 0.717) is 0 Å². The summed E-state index contributed by atoms with van der Waals surface area (Å²) >= 11 is 1.36. The first-order valence-corrected chi connectivity index (χ1v) is 12.7. The van der Waals surface area contributed by atoms with E-state index in [1.54, 1.807) is 7.11 Å². The van der Waals surface area contributed by atoms with Gasteiger partial charge in [0, 0.05) is 12.3 Å². The molecule has 1 N–H and O–H groups in total. The van der Waals surface area contributed by atoms with Gasteiger partial charge in [-0.3, -0.25) is 4.79 Å². The summed E-state index contributed by atoms with van der Waals surface area (Å²) in [6.07, 6.45) is 4.15. The molecule has 0 spiro atoms. The van der Waals surface area contributed by atoms with Crippen molar-refractivity contribution >= 4 is 25.8 Å². The number of nitrogens with zero attached hydrogens (tertiary/aromatic N) is 1. The SMILES string of the molecule is CON1CCC(OCO)CCC[SiH]1CCCSC(=O)COc1ccccc1. The predicted molar refractivity (Wildman–Crippen MR) is 110 cm³/mol. The molecule has 0 aromatic heterocycles. The highest BCUT2D eigenvalue weighted by atomic mass is 32.2. The Morgan fingerprint density at radius 3 is 2.89 bits per heavy atom. The number of hydrogen-bond donors (Lipinski definition) is 1. The predicted octanol–water partition coefficient (Wildman–Crippen LogP) is 2.82. The highest BCUT2D eigenvalue weighted by molar-refractivity contribution is 8.13. The van der Waals surface area contributed by atoms with Crippen LogP contribution in [0.4, 0.5) is 0 Å². The molecule has 0 bridgehead atoms. The summed E-state index contributed by atoms with van der Waals surface area (Å²) in [5, 5.41) is 9.02. The molecule has 1 aliphatic rings. The topological polar surface area (TPSA) is 68.2 Å². The van der Waals surface area contributed by atoms with Gasteiger partial charge in [-0.1, -0.05) is 36.4 Å². The summed E-state index contributed by atoms with van der Waals surface area (Å²) in [5.41, 5.74) is 0. The van der Waals surface area contributed by atoms with Crippen LogP contribution in [0.15, 0.2) is 30.3 Å². The van der Waals surface area contributed by atoms with E-state index in [9.17, 15) is 4.79 Å². The average molecular weight is 414 g/mol. The Balaban J connectivity index is 1.63. The van der Waals surface area contributed by atoms with Crippen LogP contribution >= 0.6 is 11.8 Å². The highest BCUT2D eigenvalue weighted by Gasteiger charge is 2.25. The van der Waals surface area contributed by atoms with Crippen molar-refractivity contribution in [3.8, 4) is 5.75 Å². The average Bonchev–Trinajstić information content (AvgIpc) is 2.68. The maximum atomic E-state index is 12.0. The van der Waals surface area contributed by atoms with Gasteiger partial charge in [-0.2, -0.15) is 0 Å². The summed E-state index contributed by atoms with van der Waals surface area (Å²) in [6, 6.07) is 11.7. The second-order valence-electron chi connectivity index (χ2n) is 6.58. The van der Waals surface area contributed by atoms with Crippen molar-refractivity contribution in [2.75, 3.05) is 32.8 Å². The monoisotopic (exact) mass is 413 g/mol. The smallest absolute Gasteiger partial charge is 0.226 e. The van der Waals surface area contributed by atoms with Crippen LogP contribution in [0.1, 0.15) is 25.7 Å². The Hall–Kier alpha value is -0.903. The van der Waals surface area contributed by atoms with Crippen molar-refractivity contribution in [2.24, 2.45) is 0 Å². The van der Waals surface area contributed by atoms with E-state index >= 15 is 0 Å². The summed E-state index contributed by atoms with van der Waals surface area (Å²) in [7, 11) is 0.585. The fourth-order valence-corrected chi connectivity index (χ4v) is 7.37. The number of carbonyl (C=O) groups is 1. The molecule has 1 aliphatic heterocycles. The summed E-state index contributed by atoms with van der Waals surface area (Å²) < 4.78 is 13.0. The minimum Gasteiger partial charge on any atom is -0.485 e. The Bertz CT molecular complexity index is 536. The lowest BCUT2D eigenvalue weighted by Crippen LogP contribution is -2.42. The number of ether oxygens (including phenoxy) is 2. The molecule has 0 amide bonds. The zero-order valence-corrected chi connectivity index (χ0v) is 18.0. The van der Waals surface area contributed by atoms with Crippen molar-refractivity contribution in [2.45, 2.75) is 43.9 Å². The van der Waals surface area contributed by atoms with E-state index in [1.807, 2.05) is 30.3 Å². The van der Waals surface area contributed by atoms with Crippen molar-refractivity contribution in [3.05, 3.63) is 30.3 Å². The van der Waals surface area contributed by atoms with Gasteiger partial charge in [0.05, 0.1) is 13.2 Å². The van der Waals surface area contributed by atoms with Crippen molar-refractivity contribution < 1.29 is 24.2 Å². The normalized spacial score (nSPS) is 21.4. The van der Waals surface area contributed by atoms with E-state index in [1.165, 1.54) is 17.8 Å². The van der Waals surface area contributed by atoms with Gasteiger partial charge in [0.2, 0.25) is 5.12 Å². The molecule has 0 saturated carbocycles. The minimum atomic E-state index is -1.15. The molecule has 1 aromatic carbocycles. The number of para-hydroxylation sites is 1. The number of thioether (sulfide) groups is 1. The number of aliphatic hydroxyl groups is 1. The van der Waals surface area contributed by atoms with Crippen LogP contribution in [0.25, 0.3) is 0 Å². The van der Waals surface area contributed by atoms with Crippen LogP contribution in [0.5, 0.6) is 5.75 Å². The Morgan fingerprint density at radius 1 is 1.33 bits per heavy atom. The molecule has 0 radical (unpaired) electrons. The molecule has 0 aliphatic carbocycles. The quantitative estimate of drug-likeness (QED) is 0.359. The molecule has 152 valence electrons. The molecule has 1 fully saturated rings. The van der Waals surface area contributed by atoms with E-state index in [2.05, 4.69) is 4.73 Å². The summed E-state index contributed by atoms with van der Waals surface area (Å²) in [5.74, 6) is 1.56. The van der Waals surface area contributed by atoms with Crippen molar-refractivity contribution in [3.63, 3.8) is 0 Å². The van der Waals surface area contributed by atoms with Crippen LogP contribution in [0, 0.1) is 0 Å². The maximum absolute atomic E-state index is 12.0. The third-order valence-electron chi connectivity index (χ3n) is 4.73. The van der Waals surface area contributed by atoms with Gasteiger partial charge in [0.15, 0.2) is 6.61 Å². The zero-order valence-electron chi connectivity index (χ0n) is 16.0. The molecule has 1 heterocycles. The zero-order chi connectivity index (χ0) is 19.3. The molecule has 8 heteroatoms. The number of rotatable bonds is 10. The van der Waals surface area contributed by atoms with Crippen LogP contribution in [-0.4, -0.2) is 62.8 Å². The Morgan fingerprint density at radius 2 is 2.15 bits per heavy atom. The van der Waals surface area contributed by atoms with Gasteiger partial charge in [-0.05, 0) is 43.5 Å². The molecular weight excluding hydrogens is 382 g/mol.